The molecule has 0 aliphatic carbocycles. The van der Waals surface area contributed by atoms with Gasteiger partial charge in [-0.2, -0.15) is 44.6 Å². The number of rotatable bonds is 6. The van der Waals surface area contributed by atoms with Gasteiger partial charge in [0.25, 0.3) is 5.91 Å². The summed E-state index contributed by atoms with van der Waals surface area (Å²) in [4.78, 5) is 16.4. The summed E-state index contributed by atoms with van der Waals surface area (Å²) in [6.45, 7) is -2.13. The molecular formula is C23H14F9N5O4S. The number of carbonyl (C=O) groups excluding carboxylic acids is 1. The van der Waals surface area contributed by atoms with Gasteiger partial charge in [0.1, 0.15) is 11.3 Å². The number of halogens is 9. The van der Waals surface area contributed by atoms with Gasteiger partial charge >= 0.3 is 18.5 Å². The Morgan fingerprint density at radius 3 is 2.24 bits per heavy atom. The third-order valence-electron chi connectivity index (χ3n) is 5.40. The number of fused-ring (bicyclic) bond motifs is 1. The van der Waals surface area contributed by atoms with Gasteiger partial charge in [0.05, 0.1) is 22.3 Å². The van der Waals surface area contributed by atoms with Gasteiger partial charge in [-0.3, -0.25) is 4.79 Å². The maximum Gasteiger partial charge on any atom is 0.433 e. The van der Waals surface area contributed by atoms with Gasteiger partial charge in [-0.1, -0.05) is 12.1 Å². The Bertz CT molecular complexity index is 1780. The van der Waals surface area contributed by atoms with Gasteiger partial charge in [-0.25, -0.2) is 23.1 Å². The Labute approximate surface area is 228 Å². The predicted molar refractivity (Wildman–Crippen MR) is 126 cm³/mol. The topological polar surface area (TPSA) is 129 Å². The minimum Gasteiger partial charge on any atom is -0.483 e. The van der Waals surface area contributed by atoms with E-state index in [0.29, 0.717) is 30.5 Å². The van der Waals surface area contributed by atoms with E-state index >= 15 is 0 Å². The fraction of sp³-hybridized carbons (Fsp3) is 0.174. The lowest BCUT2D eigenvalue weighted by Crippen LogP contribution is -2.21. The number of primary sulfonamides is 1. The molecule has 0 saturated heterocycles. The maximum absolute atomic E-state index is 13.9. The van der Waals surface area contributed by atoms with Crippen LogP contribution < -0.4 is 15.2 Å². The summed E-state index contributed by atoms with van der Waals surface area (Å²) in [5.74, 6) is -2.44. The molecule has 0 atom stereocenters. The Morgan fingerprint density at radius 1 is 0.952 bits per heavy atom. The normalized spacial score (nSPS) is 12.9. The molecule has 4 aromatic rings. The molecule has 19 heteroatoms. The average molecular weight is 627 g/mol. The van der Waals surface area contributed by atoms with Crippen molar-refractivity contribution in [1.29, 1.82) is 0 Å². The van der Waals surface area contributed by atoms with E-state index in [1.807, 2.05) is 0 Å². The van der Waals surface area contributed by atoms with Crippen LogP contribution in [0.4, 0.5) is 45.2 Å². The summed E-state index contributed by atoms with van der Waals surface area (Å²) in [6.07, 6.45) is -14.7. The molecule has 9 nitrogen and oxygen atoms in total. The van der Waals surface area contributed by atoms with Crippen molar-refractivity contribution in [3.8, 4) is 17.0 Å². The zero-order chi connectivity index (χ0) is 31.3. The molecule has 42 heavy (non-hydrogen) atoms. The number of nitrogens with two attached hydrogens (primary N) is 1. The van der Waals surface area contributed by atoms with Gasteiger partial charge in [-0.05, 0) is 36.4 Å². The number of sulfonamides is 1. The van der Waals surface area contributed by atoms with E-state index in [9.17, 15) is 52.7 Å². The fourth-order valence-electron chi connectivity index (χ4n) is 3.62. The fourth-order valence-corrected chi connectivity index (χ4v) is 4.18. The average Bonchev–Trinajstić information content (AvgIpc) is 3.29. The predicted octanol–water partition coefficient (Wildman–Crippen LogP) is 5.27. The minimum atomic E-state index is -5.18. The van der Waals surface area contributed by atoms with Crippen molar-refractivity contribution in [3.63, 3.8) is 0 Å². The SMILES string of the molecule is NS(=O)(=O)c1cccc(NC(=O)c2cnn3c(C(F)(F)F)cc(-c4ccc(C(F)(F)F)c(OCC(F)(F)F)c4)nc23)c1. The van der Waals surface area contributed by atoms with E-state index in [-0.39, 0.29) is 10.2 Å². The van der Waals surface area contributed by atoms with Gasteiger partial charge in [0, 0.05) is 11.3 Å². The van der Waals surface area contributed by atoms with E-state index in [0.717, 1.165) is 12.1 Å². The number of hydrogen-bond acceptors (Lipinski definition) is 6. The van der Waals surface area contributed by atoms with Crippen LogP contribution in [0.3, 0.4) is 0 Å². The molecular weight excluding hydrogens is 613 g/mol. The number of ether oxygens (including phenoxy) is 1. The third kappa shape index (κ3) is 6.73. The molecule has 0 fully saturated rings. The van der Waals surface area contributed by atoms with E-state index in [4.69, 9.17) is 5.14 Å². The molecule has 1 amide bonds. The largest absolute Gasteiger partial charge is 0.483 e. The molecule has 0 aliphatic rings. The van der Waals surface area contributed by atoms with Gasteiger partial charge in [0.2, 0.25) is 10.0 Å². The Morgan fingerprint density at radius 2 is 1.64 bits per heavy atom. The van der Waals surface area contributed by atoms with Gasteiger partial charge in [0.15, 0.2) is 17.9 Å². The van der Waals surface area contributed by atoms with Crippen molar-refractivity contribution in [3.05, 3.63) is 71.5 Å². The third-order valence-corrected chi connectivity index (χ3v) is 6.31. The number of anilines is 1. The first-order valence-corrected chi connectivity index (χ1v) is 12.6. The number of hydrogen-bond donors (Lipinski definition) is 2. The smallest absolute Gasteiger partial charge is 0.433 e. The molecule has 0 spiro atoms. The van der Waals surface area contributed by atoms with E-state index in [1.165, 1.54) is 12.1 Å². The molecule has 224 valence electrons. The highest BCUT2D eigenvalue weighted by Crippen LogP contribution is 2.40. The zero-order valence-corrected chi connectivity index (χ0v) is 21.1. The van der Waals surface area contributed by atoms with Crippen molar-refractivity contribution in [1.82, 2.24) is 14.6 Å². The lowest BCUT2D eigenvalue weighted by Gasteiger charge is -2.17. The maximum atomic E-state index is 13.9. The zero-order valence-electron chi connectivity index (χ0n) is 20.3. The molecule has 0 radical (unpaired) electrons. The number of carbonyl (C=O) groups is 1. The minimum absolute atomic E-state index is 0.132. The monoisotopic (exact) mass is 627 g/mol. The van der Waals surface area contributed by atoms with E-state index < -0.39 is 85.4 Å². The van der Waals surface area contributed by atoms with Crippen LogP contribution in [0, 0.1) is 0 Å². The molecule has 0 aliphatic heterocycles. The summed E-state index contributed by atoms with van der Waals surface area (Å²) >= 11 is 0. The number of nitrogens with zero attached hydrogens (tertiary/aromatic N) is 3. The quantitative estimate of drug-likeness (QED) is 0.280. The summed E-state index contributed by atoms with van der Waals surface area (Å²) in [7, 11) is -4.18. The number of alkyl halides is 9. The highest BCUT2D eigenvalue weighted by atomic mass is 32.2. The number of aromatic nitrogens is 3. The standard InChI is InChI=1S/C23H14F9N5O4S/c24-21(25,26)10-41-17-6-11(4-5-15(17)22(27,28)29)16-8-18(23(30,31)32)37-19(36-16)14(9-34-37)20(38)35-12-2-1-3-13(7-12)42(33,39)40/h1-9H,10H2,(H,35,38)(H2,33,39,40). The first-order chi connectivity index (χ1) is 19.2. The molecule has 2 aromatic heterocycles. The van der Waals surface area contributed by atoms with Crippen LogP contribution in [0.25, 0.3) is 16.9 Å². The Kier molecular flexibility index (Phi) is 7.61. The van der Waals surface area contributed by atoms with E-state index in [1.54, 1.807) is 0 Å². The number of nitrogens with one attached hydrogen (secondary N) is 1. The van der Waals surface area contributed by atoms with Crippen LogP contribution in [0.5, 0.6) is 5.75 Å². The summed E-state index contributed by atoms with van der Waals surface area (Å²) in [5, 5.41) is 10.8. The Hall–Kier alpha value is -4.39. The Balaban J connectivity index is 1.83. The van der Waals surface area contributed by atoms with Crippen LogP contribution in [0.15, 0.2) is 59.6 Å². The van der Waals surface area contributed by atoms with Crippen molar-refractivity contribution >= 4 is 27.3 Å². The van der Waals surface area contributed by atoms with Crippen LogP contribution in [-0.4, -0.2) is 41.7 Å². The van der Waals surface area contributed by atoms with Crippen molar-refractivity contribution in [2.45, 2.75) is 23.4 Å². The highest BCUT2D eigenvalue weighted by Gasteiger charge is 2.38. The summed E-state index contributed by atoms with van der Waals surface area (Å²) in [6, 6.07) is 6.30. The van der Waals surface area contributed by atoms with Crippen LogP contribution in [0.2, 0.25) is 0 Å². The van der Waals surface area contributed by atoms with Gasteiger partial charge < -0.3 is 10.1 Å². The molecule has 2 heterocycles. The first-order valence-electron chi connectivity index (χ1n) is 11.1. The van der Waals surface area contributed by atoms with Crippen LogP contribution >= 0.6 is 0 Å². The van der Waals surface area contributed by atoms with Crippen LogP contribution in [-0.2, 0) is 22.4 Å². The second-order valence-electron chi connectivity index (χ2n) is 8.46. The van der Waals surface area contributed by atoms with Crippen molar-refractivity contribution < 1.29 is 57.5 Å². The number of amides is 1. The van der Waals surface area contributed by atoms with Crippen molar-refractivity contribution in [2.24, 2.45) is 5.14 Å². The lowest BCUT2D eigenvalue weighted by molar-refractivity contribution is -0.158. The summed E-state index contributed by atoms with van der Waals surface area (Å²) in [5.41, 5.74) is -5.81. The molecule has 2 aromatic carbocycles. The lowest BCUT2D eigenvalue weighted by atomic mass is 10.1. The number of benzene rings is 2. The van der Waals surface area contributed by atoms with Crippen LogP contribution in [0.1, 0.15) is 21.6 Å². The second-order valence-corrected chi connectivity index (χ2v) is 10.0. The highest BCUT2D eigenvalue weighted by molar-refractivity contribution is 7.89. The van der Waals surface area contributed by atoms with E-state index in [2.05, 4.69) is 20.1 Å². The van der Waals surface area contributed by atoms with Gasteiger partial charge in [-0.15, -0.1) is 0 Å². The molecule has 3 N–H and O–H groups in total. The molecule has 0 unspecified atom stereocenters. The second kappa shape index (κ2) is 10.5. The summed E-state index contributed by atoms with van der Waals surface area (Å²) < 4.78 is 148. The first kappa shape index (κ1) is 30.6. The molecule has 0 bridgehead atoms. The van der Waals surface area contributed by atoms with Crippen molar-refractivity contribution in [2.75, 3.05) is 11.9 Å². The molecule has 4 rings (SSSR count). The molecule has 0 saturated carbocycles.